The molecule has 0 unspecified atom stereocenters. The lowest BCUT2D eigenvalue weighted by Crippen LogP contribution is -2.27. The molecule has 0 N–H and O–H groups in total. The fourth-order valence-electron chi connectivity index (χ4n) is 2.06. The van der Waals surface area contributed by atoms with Crippen LogP contribution in [-0.4, -0.2) is 22.8 Å². The molecule has 2 rings (SSSR count). The van der Waals surface area contributed by atoms with Gasteiger partial charge in [-0.25, -0.2) is 4.98 Å². The second-order valence-electron chi connectivity index (χ2n) is 4.58. The molecular formula is C13H18N2OS. The molecule has 17 heavy (non-hydrogen) atoms. The predicted octanol–water partition coefficient (Wildman–Crippen LogP) is 2.77. The van der Waals surface area contributed by atoms with E-state index in [2.05, 4.69) is 17.1 Å². The normalized spacial score (nSPS) is 18.6. The van der Waals surface area contributed by atoms with Gasteiger partial charge in [-0.1, -0.05) is 12.2 Å². The predicted molar refractivity (Wildman–Crippen MR) is 69.8 cm³/mol. The highest BCUT2D eigenvalue weighted by molar-refractivity contribution is 7.09. The van der Waals surface area contributed by atoms with Crippen molar-refractivity contribution in [3.05, 3.63) is 28.2 Å². The van der Waals surface area contributed by atoms with Gasteiger partial charge in [0.1, 0.15) is 0 Å². The molecule has 1 atom stereocenters. The summed E-state index contributed by atoms with van der Waals surface area (Å²) >= 11 is 1.63. The Balaban J connectivity index is 1.84. The summed E-state index contributed by atoms with van der Waals surface area (Å²) in [6, 6.07) is 0. The number of allylic oxidation sites excluding steroid dienone is 2. The van der Waals surface area contributed by atoms with Crippen LogP contribution < -0.4 is 0 Å². The maximum atomic E-state index is 12.0. The summed E-state index contributed by atoms with van der Waals surface area (Å²) in [6.07, 6.45) is 7.21. The highest BCUT2D eigenvalue weighted by atomic mass is 32.1. The van der Waals surface area contributed by atoms with Gasteiger partial charge in [0.15, 0.2) is 0 Å². The Labute approximate surface area is 106 Å². The van der Waals surface area contributed by atoms with Crippen LogP contribution >= 0.6 is 11.3 Å². The smallest absolute Gasteiger partial charge is 0.223 e. The lowest BCUT2D eigenvalue weighted by molar-refractivity contribution is -0.131. The van der Waals surface area contributed by atoms with Crippen molar-refractivity contribution in [2.75, 3.05) is 7.05 Å². The molecule has 4 heteroatoms. The van der Waals surface area contributed by atoms with Crippen molar-refractivity contribution in [2.45, 2.75) is 32.7 Å². The number of carbonyl (C=O) groups excluding carboxylic acids is 1. The van der Waals surface area contributed by atoms with Crippen molar-refractivity contribution >= 4 is 17.2 Å². The van der Waals surface area contributed by atoms with Crippen LogP contribution in [0.1, 0.15) is 30.0 Å². The minimum Gasteiger partial charge on any atom is -0.340 e. The molecule has 0 saturated heterocycles. The van der Waals surface area contributed by atoms with Crippen LogP contribution in [0.25, 0.3) is 0 Å². The van der Waals surface area contributed by atoms with E-state index in [1.807, 2.05) is 19.4 Å². The molecule has 1 aromatic heterocycles. The van der Waals surface area contributed by atoms with Crippen LogP contribution in [0.4, 0.5) is 0 Å². The van der Waals surface area contributed by atoms with Gasteiger partial charge in [-0.15, -0.1) is 11.3 Å². The van der Waals surface area contributed by atoms with Crippen LogP contribution in [0, 0.1) is 12.8 Å². The Morgan fingerprint density at radius 3 is 3.06 bits per heavy atom. The van der Waals surface area contributed by atoms with Gasteiger partial charge in [0.2, 0.25) is 5.91 Å². The summed E-state index contributed by atoms with van der Waals surface area (Å²) in [6.45, 7) is 2.61. The first-order chi connectivity index (χ1) is 8.15. The van der Waals surface area contributed by atoms with Gasteiger partial charge < -0.3 is 4.90 Å². The van der Waals surface area contributed by atoms with Crippen molar-refractivity contribution < 1.29 is 4.79 Å². The van der Waals surface area contributed by atoms with Gasteiger partial charge in [0.25, 0.3) is 0 Å². The molecule has 0 radical (unpaired) electrons. The van der Waals surface area contributed by atoms with E-state index in [-0.39, 0.29) is 5.91 Å². The standard InChI is InChI=1S/C13H18N2OS/c1-10-14-12(9-17-10)8-15(2)13(16)7-11-5-3-4-6-11/h3,5,9,11H,4,6-8H2,1-2H3/t11-/m1/s1. The molecule has 0 fully saturated rings. The van der Waals surface area contributed by atoms with E-state index in [1.165, 1.54) is 0 Å². The summed E-state index contributed by atoms with van der Waals surface area (Å²) in [5.74, 6) is 0.661. The molecule has 1 aromatic rings. The van der Waals surface area contributed by atoms with E-state index >= 15 is 0 Å². The summed E-state index contributed by atoms with van der Waals surface area (Å²) in [5.41, 5.74) is 0.991. The van der Waals surface area contributed by atoms with Crippen molar-refractivity contribution in [2.24, 2.45) is 5.92 Å². The molecule has 1 aliphatic carbocycles. The topological polar surface area (TPSA) is 33.2 Å². The number of hydrogen-bond acceptors (Lipinski definition) is 3. The molecule has 3 nitrogen and oxygen atoms in total. The average Bonchev–Trinajstić information content (AvgIpc) is 2.90. The first-order valence-electron chi connectivity index (χ1n) is 5.97. The second kappa shape index (κ2) is 5.45. The summed E-state index contributed by atoms with van der Waals surface area (Å²) in [4.78, 5) is 18.1. The molecule has 1 amide bonds. The van der Waals surface area contributed by atoms with Crippen molar-refractivity contribution in [3.63, 3.8) is 0 Å². The zero-order valence-electron chi connectivity index (χ0n) is 10.3. The molecule has 1 heterocycles. The quantitative estimate of drug-likeness (QED) is 0.770. The largest absolute Gasteiger partial charge is 0.340 e. The number of amides is 1. The maximum Gasteiger partial charge on any atom is 0.223 e. The number of thiazole rings is 1. The molecule has 0 aliphatic heterocycles. The number of aryl methyl sites for hydroxylation is 1. The maximum absolute atomic E-state index is 12.0. The van der Waals surface area contributed by atoms with E-state index in [1.54, 1.807) is 16.2 Å². The Morgan fingerprint density at radius 1 is 1.65 bits per heavy atom. The van der Waals surface area contributed by atoms with Crippen molar-refractivity contribution in [1.29, 1.82) is 0 Å². The number of nitrogens with zero attached hydrogens (tertiary/aromatic N) is 2. The summed E-state index contributed by atoms with van der Waals surface area (Å²) < 4.78 is 0. The number of rotatable bonds is 4. The molecule has 92 valence electrons. The minimum atomic E-state index is 0.215. The molecule has 0 spiro atoms. The van der Waals surface area contributed by atoms with Crippen LogP contribution in [0.2, 0.25) is 0 Å². The number of aromatic nitrogens is 1. The number of carbonyl (C=O) groups is 1. The minimum absolute atomic E-state index is 0.215. The zero-order chi connectivity index (χ0) is 12.3. The van der Waals surface area contributed by atoms with Crippen LogP contribution in [0.5, 0.6) is 0 Å². The van der Waals surface area contributed by atoms with Gasteiger partial charge in [-0.3, -0.25) is 4.79 Å². The number of hydrogen-bond donors (Lipinski definition) is 0. The third-order valence-electron chi connectivity index (χ3n) is 3.04. The van der Waals surface area contributed by atoms with Crippen LogP contribution in [-0.2, 0) is 11.3 Å². The summed E-state index contributed by atoms with van der Waals surface area (Å²) in [7, 11) is 1.86. The monoisotopic (exact) mass is 250 g/mol. The molecular weight excluding hydrogens is 232 g/mol. The SMILES string of the molecule is Cc1nc(CN(C)C(=O)C[C@@H]2C=CCC2)cs1. The van der Waals surface area contributed by atoms with E-state index in [4.69, 9.17) is 0 Å². The third kappa shape index (κ3) is 3.40. The van der Waals surface area contributed by atoms with Gasteiger partial charge in [0.05, 0.1) is 17.2 Å². The highest BCUT2D eigenvalue weighted by Gasteiger charge is 2.17. The van der Waals surface area contributed by atoms with Crippen molar-refractivity contribution in [1.82, 2.24) is 9.88 Å². The molecule has 0 saturated carbocycles. The Hall–Kier alpha value is -1.16. The summed E-state index contributed by atoms with van der Waals surface area (Å²) in [5, 5.41) is 3.08. The van der Waals surface area contributed by atoms with E-state index < -0.39 is 0 Å². The van der Waals surface area contributed by atoms with Gasteiger partial charge in [0, 0.05) is 18.8 Å². The van der Waals surface area contributed by atoms with E-state index in [0.29, 0.717) is 18.9 Å². The van der Waals surface area contributed by atoms with Gasteiger partial charge in [-0.2, -0.15) is 0 Å². The van der Waals surface area contributed by atoms with E-state index in [0.717, 1.165) is 23.5 Å². The van der Waals surface area contributed by atoms with Crippen molar-refractivity contribution in [3.8, 4) is 0 Å². The molecule has 1 aliphatic rings. The fourth-order valence-corrected chi connectivity index (χ4v) is 2.66. The lowest BCUT2D eigenvalue weighted by Gasteiger charge is -2.17. The van der Waals surface area contributed by atoms with Gasteiger partial charge >= 0.3 is 0 Å². The first-order valence-corrected chi connectivity index (χ1v) is 6.85. The van der Waals surface area contributed by atoms with E-state index in [9.17, 15) is 4.79 Å². The van der Waals surface area contributed by atoms with Crippen LogP contribution in [0.15, 0.2) is 17.5 Å². The Kier molecular flexibility index (Phi) is 3.94. The second-order valence-corrected chi connectivity index (χ2v) is 5.64. The highest BCUT2D eigenvalue weighted by Crippen LogP contribution is 2.21. The average molecular weight is 250 g/mol. The Morgan fingerprint density at radius 2 is 2.47 bits per heavy atom. The zero-order valence-corrected chi connectivity index (χ0v) is 11.2. The third-order valence-corrected chi connectivity index (χ3v) is 3.86. The Bertz CT molecular complexity index is 425. The lowest BCUT2D eigenvalue weighted by atomic mass is 10.0. The first kappa shape index (κ1) is 12.3. The van der Waals surface area contributed by atoms with Crippen LogP contribution in [0.3, 0.4) is 0 Å². The molecule has 0 aromatic carbocycles. The fraction of sp³-hybridized carbons (Fsp3) is 0.538. The van der Waals surface area contributed by atoms with Gasteiger partial charge in [-0.05, 0) is 25.7 Å². The molecule has 0 bridgehead atoms.